The van der Waals surface area contributed by atoms with E-state index in [9.17, 15) is 0 Å². The lowest BCUT2D eigenvalue weighted by atomic mass is 10.2. The van der Waals surface area contributed by atoms with Crippen molar-refractivity contribution in [2.75, 3.05) is 44.7 Å². The summed E-state index contributed by atoms with van der Waals surface area (Å²) in [5.74, 6) is 1.73. The Morgan fingerprint density at radius 2 is 1.92 bits per heavy atom. The Bertz CT molecular complexity index is 665. The van der Waals surface area contributed by atoms with Crippen LogP contribution in [0.5, 0.6) is 0 Å². The van der Waals surface area contributed by atoms with Crippen molar-refractivity contribution in [1.29, 1.82) is 0 Å². The number of nitrogens with one attached hydrogen (secondary N) is 3. The van der Waals surface area contributed by atoms with E-state index < -0.39 is 0 Å². The van der Waals surface area contributed by atoms with Crippen LogP contribution in [0.2, 0.25) is 0 Å². The molecular formula is C19H30IN5O. The molecule has 1 aromatic heterocycles. The molecule has 2 aromatic rings. The summed E-state index contributed by atoms with van der Waals surface area (Å²) < 4.78 is 5.33. The number of hydrogen-bond acceptors (Lipinski definition) is 4. The average molecular weight is 471 g/mol. The Balaban J connectivity index is 0.00000338. The van der Waals surface area contributed by atoms with Crippen molar-refractivity contribution in [1.82, 2.24) is 15.6 Å². The van der Waals surface area contributed by atoms with Crippen molar-refractivity contribution in [3.63, 3.8) is 0 Å². The van der Waals surface area contributed by atoms with Crippen LogP contribution >= 0.6 is 24.0 Å². The van der Waals surface area contributed by atoms with Crippen molar-refractivity contribution >= 4 is 46.7 Å². The zero-order chi connectivity index (χ0) is 17.7. The molecule has 0 saturated heterocycles. The molecule has 0 aliphatic rings. The summed E-state index contributed by atoms with van der Waals surface area (Å²) in [7, 11) is 0. The summed E-state index contributed by atoms with van der Waals surface area (Å²) in [6.45, 7) is 8.73. The molecule has 1 heterocycles. The third-order valence-corrected chi connectivity index (χ3v) is 3.59. The van der Waals surface area contributed by atoms with Gasteiger partial charge in [-0.15, -0.1) is 24.0 Å². The van der Waals surface area contributed by atoms with Crippen LogP contribution in [0.1, 0.15) is 20.3 Å². The summed E-state index contributed by atoms with van der Waals surface area (Å²) in [6, 6.07) is 12.2. The fourth-order valence-corrected chi connectivity index (χ4v) is 2.38. The number of aromatic nitrogens is 1. The minimum Gasteiger partial charge on any atom is -0.382 e. The molecule has 0 aliphatic heterocycles. The monoisotopic (exact) mass is 471 g/mol. The minimum absolute atomic E-state index is 0. The number of rotatable bonds is 10. The molecule has 2 rings (SSSR count). The Kier molecular flexibility index (Phi) is 11.7. The molecule has 0 aliphatic carbocycles. The third-order valence-electron chi connectivity index (χ3n) is 3.59. The standard InChI is InChI=1S/C19H29N5O.HI/c1-3-20-19(22-12-7-15-25-4-2)23-14-13-21-18-11-10-16-8-5-6-9-17(16)24-18;/h5-6,8-11H,3-4,7,12-15H2,1-2H3,(H,21,24)(H2,20,22,23);1H. The molecule has 0 fully saturated rings. The van der Waals surface area contributed by atoms with E-state index in [0.29, 0.717) is 0 Å². The highest BCUT2D eigenvalue weighted by molar-refractivity contribution is 14.0. The van der Waals surface area contributed by atoms with Crippen LogP contribution in [0.3, 0.4) is 0 Å². The first-order valence-corrected chi connectivity index (χ1v) is 9.03. The zero-order valence-electron chi connectivity index (χ0n) is 15.6. The van der Waals surface area contributed by atoms with Crippen molar-refractivity contribution in [3.05, 3.63) is 36.4 Å². The molecule has 3 N–H and O–H groups in total. The minimum atomic E-state index is 0. The molecule has 0 radical (unpaired) electrons. The maximum absolute atomic E-state index is 5.33. The maximum atomic E-state index is 5.33. The second kappa shape index (κ2) is 13.6. The van der Waals surface area contributed by atoms with Crippen LogP contribution in [-0.4, -0.2) is 50.3 Å². The number of hydrogen-bond donors (Lipinski definition) is 3. The number of nitrogens with zero attached hydrogens (tertiary/aromatic N) is 2. The van der Waals surface area contributed by atoms with Gasteiger partial charge >= 0.3 is 0 Å². The molecule has 26 heavy (non-hydrogen) atoms. The summed E-state index contributed by atoms with van der Waals surface area (Å²) in [6.07, 6.45) is 0.934. The molecule has 0 spiro atoms. The van der Waals surface area contributed by atoms with Gasteiger partial charge in [-0.1, -0.05) is 18.2 Å². The highest BCUT2D eigenvalue weighted by Gasteiger charge is 1.99. The van der Waals surface area contributed by atoms with Crippen LogP contribution in [0.4, 0.5) is 5.82 Å². The molecule has 6 nitrogen and oxygen atoms in total. The van der Waals surface area contributed by atoms with Gasteiger partial charge < -0.3 is 20.7 Å². The third kappa shape index (κ3) is 8.18. The van der Waals surface area contributed by atoms with Crippen LogP contribution in [-0.2, 0) is 4.74 Å². The number of fused-ring (bicyclic) bond motifs is 1. The van der Waals surface area contributed by atoms with Gasteiger partial charge in [-0.3, -0.25) is 4.99 Å². The van der Waals surface area contributed by atoms with Gasteiger partial charge in [0.1, 0.15) is 5.82 Å². The lowest BCUT2D eigenvalue weighted by Crippen LogP contribution is -2.39. The summed E-state index contributed by atoms with van der Waals surface area (Å²) in [4.78, 5) is 9.15. The first-order valence-electron chi connectivity index (χ1n) is 9.03. The van der Waals surface area contributed by atoms with Crippen LogP contribution < -0.4 is 16.0 Å². The van der Waals surface area contributed by atoms with Crippen LogP contribution in [0, 0.1) is 0 Å². The first kappa shape index (κ1) is 22.4. The van der Waals surface area contributed by atoms with Gasteiger partial charge in [-0.05, 0) is 38.5 Å². The molecule has 0 unspecified atom stereocenters. The number of para-hydroxylation sites is 1. The second-order valence-electron chi connectivity index (χ2n) is 5.55. The molecule has 1 aromatic carbocycles. The van der Waals surface area contributed by atoms with Gasteiger partial charge in [0.05, 0.1) is 5.52 Å². The number of pyridine rings is 1. The SMILES string of the molecule is CCNC(=NCCCOCC)NCCNc1ccc2ccccc2n1.I. The van der Waals surface area contributed by atoms with Crippen molar-refractivity contribution < 1.29 is 4.74 Å². The number of ether oxygens (including phenoxy) is 1. The fourth-order valence-electron chi connectivity index (χ4n) is 2.38. The predicted molar refractivity (Wildman–Crippen MR) is 121 cm³/mol. The highest BCUT2D eigenvalue weighted by atomic mass is 127. The van der Waals surface area contributed by atoms with E-state index in [1.807, 2.05) is 31.2 Å². The smallest absolute Gasteiger partial charge is 0.191 e. The number of halogens is 1. The summed E-state index contributed by atoms with van der Waals surface area (Å²) >= 11 is 0. The molecule has 0 saturated carbocycles. The first-order chi connectivity index (χ1) is 12.3. The second-order valence-corrected chi connectivity index (χ2v) is 5.55. The number of anilines is 1. The Labute approximate surface area is 173 Å². The molecule has 0 bridgehead atoms. The number of guanidine groups is 1. The van der Waals surface area contributed by atoms with Gasteiger partial charge in [0.2, 0.25) is 0 Å². The number of aliphatic imine (C=N–C) groups is 1. The van der Waals surface area contributed by atoms with E-state index >= 15 is 0 Å². The molecule has 0 atom stereocenters. The van der Waals surface area contributed by atoms with E-state index in [-0.39, 0.29) is 24.0 Å². The van der Waals surface area contributed by atoms with Gasteiger partial charge in [-0.2, -0.15) is 0 Å². The van der Waals surface area contributed by atoms with Crippen LogP contribution in [0.25, 0.3) is 10.9 Å². The predicted octanol–water partition coefficient (Wildman–Crippen LogP) is 3.25. The zero-order valence-corrected chi connectivity index (χ0v) is 18.0. The van der Waals surface area contributed by atoms with E-state index in [2.05, 4.69) is 45.0 Å². The normalized spacial score (nSPS) is 11.1. The Hall–Kier alpha value is -1.61. The van der Waals surface area contributed by atoms with Gasteiger partial charge in [0, 0.05) is 44.8 Å². The molecular weight excluding hydrogens is 441 g/mol. The molecule has 7 heteroatoms. The van der Waals surface area contributed by atoms with Gasteiger partial charge in [0.25, 0.3) is 0 Å². The largest absolute Gasteiger partial charge is 0.382 e. The van der Waals surface area contributed by atoms with Gasteiger partial charge in [-0.25, -0.2) is 4.98 Å². The maximum Gasteiger partial charge on any atom is 0.191 e. The van der Waals surface area contributed by atoms with Crippen LogP contribution in [0.15, 0.2) is 41.4 Å². The van der Waals surface area contributed by atoms with E-state index in [0.717, 1.165) is 68.5 Å². The van der Waals surface area contributed by atoms with E-state index in [1.54, 1.807) is 0 Å². The molecule has 0 amide bonds. The Morgan fingerprint density at radius 3 is 2.73 bits per heavy atom. The van der Waals surface area contributed by atoms with Crippen molar-refractivity contribution in [2.24, 2.45) is 4.99 Å². The quantitative estimate of drug-likeness (QED) is 0.215. The summed E-state index contributed by atoms with van der Waals surface area (Å²) in [5.41, 5.74) is 1.00. The van der Waals surface area contributed by atoms with Crippen molar-refractivity contribution in [2.45, 2.75) is 20.3 Å². The topological polar surface area (TPSA) is 70.6 Å². The Morgan fingerprint density at radius 1 is 1.08 bits per heavy atom. The van der Waals surface area contributed by atoms with Crippen molar-refractivity contribution in [3.8, 4) is 0 Å². The lowest BCUT2D eigenvalue weighted by Gasteiger charge is -2.12. The fraction of sp³-hybridized carbons (Fsp3) is 0.474. The van der Waals surface area contributed by atoms with E-state index in [1.165, 1.54) is 0 Å². The molecule has 144 valence electrons. The van der Waals surface area contributed by atoms with E-state index in [4.69, 9.17) is 4.74 Å². The summed E-state index contributed by atoms with van der Waals surface area (Å²) in [5, 5.41) is 11.1. The highest BCUT2D eigenvalue weighted by Crippen LogP contribution is 2.13. The average Bonchev–Trinajstić information content (AvgIpc) is 2.64. The number of benzene rings is 1. The lowest BCUT2D eigenvalue weighted by molar-refractivity contribution is 0.146. The van der Waals surface area contributed by atoms with Gasteiger partial charge in [0.15, 0.2) is 5.96 Å².